The first-order chi connectivity index (χ1) is 12.7. The summed E-state index contributed by atoms with van der Waals surface area (Å²) in [6.07, 6.45) is 2.01. The molecule has 0 aromatic carbocycles. The summed E-state index contributed by atoms with van der Waals surface area (Å²) in [5.41, 5.74) is 6.61. The van der Waals surface area contributed by atoms with Gasteiger partial charge in [-0.1, -0.05) is 13.8 Å². The van der Waals surface area contributed by atoms with Crippen LogP contribution in [0.5, 0.6) is 0 Å². The number of rotatable bonds is 11. The molecule has 0 radical (unpaired) electrons. The highest BCUT2D eigenvalue weighted by atomic mass is 16.5. The molecule has 1 rings (SSSR count). The van der Waals surface area contributed by atoms with Crippen LogP contribution in [0.2, 0.25) is 0 Å². The molecule has 1 unspecified atom stereocenters. The minimum atomic E-state index is -1.33. The van der Waals surface area contributed by atoms with Crippen molar-refractivity contribution in [2.24, 2.45) is 5.73 Å². The van der Waals surface area contributed by atoms with E-state index in [1.807, 2.05) is 13.8 Å². The average molecular weight is 386 g/mol. The molecule has 27 heavy (non-hydrogen) atoms. The molecule has 5 N–H and O–H groups in total. The molecular weight excluding hydrogens is 356 g/mol. The summed E-state index contributed by atoms with van der Waals surface area (Å²) >= 11 is 0. The van der Waals surface area contributed by atoms with Crippen LogP contribution in [0.1, 0.15) is 46.5 Å². The van der Waals surface area contributed by atoms with Gasteiger partial charge in [0, 0.05) is 11.6 Å². The maximum Gasteiger partial charge on any atom is 0.333 e. The standard InChI is InChI=1S/C18H30N2O7/c1-4-11(5-2)27-14-8-10(18(25)26-6-3)7-12(16(14)19)20-13(17(23)24)9-15(21)22/h8,11-14,16,20H,4-7,9,19H2,1-3H3,(H,21,22)(H,23,24)/t12-,13?,14+,16+/m1/s1. The fourth-order valence-corrected chi connectivity index (χ4v) is 3.01. The lowest BCUT2D eigenvalue weighted by atomic mass is 9.87. The van der Waals surface area contributed by atoms with E-state index in [1.165, 1.54) is 0 Å². The number of nitrogens with one attached hydrogen (secondary N) is 1. The summed E-state index contributed by atoms with van der Waals surface area (Å²) in [5.74, 6) is -3.06. The van der Waals surface area contributed by atoms with Crippen LogP contribution in [0.3, 0.4) is 0 Å². The van der Waals surface area contributed by atoms with Gasteiger partial charge in [-0.15, -0.1) is 0 Å². The summed E-state index contributed by atoms with van der Waals surface area (Å²) in [6, 6.07) is -2.61. The Balaban J connectivity index is 3.06. The Labute approximate surface area is 158 Å². The van der Waals surface area contributed by atoms with E-state index in [4.69, 9.17) is 20.3 Å². The molecular formula is C18H30N2O7. The predicted molar refractivity (Wildman–Crippen MR) is 97.2 cm³/mol. The van der Waals surface area contributed by atoms with Gasteiger partial charge in [-0.05, 0) is 32.3 Å². The normalized spacial score (nSPS) is 23.6. The third kappa shape index (κ3) is 6.93. The number of hydrogen-bond donors (Lipinski definition) is 4. The van der Waals surface area contributed by atoms with Gasteiger partial charge in [0.2, 0.25) is 0 Å². The van der Waals surface area contributed by atoms with E-state index in [0.29, 0.717) is 5.57 Å². The molecule has 1 aliphatic rings. The quantitative estimate of drug-likeness (QED) is 0.376. The summed E-state index contributed by atoms with van der Waals surface area (Å²) in [6.45, 7) is 5.84. The topological polar surface area (TPSA) is 148 Å². The molecule has 1 aliphatic carbocycles. The molecule has 9 heteroatoms. The second kappa shape index (κ2) is 11.0. The Hall–Kier alpha value is -1.97. The minimum absolute atomic E-state index is 0.0613. The van der Waals surface area contributed by atoms with Gasteiger partial charge in [0.15, 0.2) is 0 Å². The first kappa shape index (κ1) is 23.1. The van der Waals surface area contributed by atoms with Crippen molar-refractivity contribution in [2.45, 2.75) is 76.8 Å². The summed E-state index contributed by atoms with van der Waals surface area (Å²) in [7, 11) is 0. The number of carbonyl (C=O) groups excluding carboxylic acids is 1. The highest BCUT2D eigenvalue weighted by Crippen LogP contribution is 2.24. The van der Waals surface area contributed by atoms with E-state index in [9.17, 15) is 19.5 Å². The Kier molecular flexibility index (Phi) is 9.40. The highest BCUT2D eigenvalue weighted by Gasteiger charge is 2.37. The third-order valence-corrected chi connectivity index (χ3v) is 4.54. The predicted octanol–water partition coefficient (Wildman–Crippen LogP) is 0.667. The van der Waals surface area contributed by atoms with E-state index in [1.54, 1.807) is 13.0 Å². The summed E-state index contributed by atoms with van der Waals surface area (Å²) in [5, 5.41) is 21.0. The lowest BCUT2D eigenvalue weighted by Crippen LogP contribution is -2.59. The van der Waals surface area contributed by atoms with E-state index in [0.717, 1.165) is 12.8 Å². The Morgan fingerprint density at radius 1 is 1.26 bits per heavy atom. The molecule has 0 fully saturated rings. The SMILES string of the molecule is CCOC(=O)C1=C[C@H](OC(CC)CC)[C@@H](N)[C@H](NC(CC(=O)O)C(=O)O)C1. The molecule has 0 heterocycles. The van der Waals surface area contributed by atoms with Crippen molar-refractivity contribution >= 4 is 17.9 Å². The number of nitrogens with two attached hydrogens (primary N) is 1. The number of carbonyl (C=O) groups is 3. The zero-order chi connectivity index (χ0) is 20.6. The largest absolute Gasteiger partial charge is 0.481 e. The molecule has 0 aromatic rings. The van der Waals surface area contributed by atoms with Crippen molar-refractivity contribution < 1.29 is 34.1 Å². The van der Waals surface area contributed by atoms with Crippen LogP contribution in [-0.2, 0) is 23.9 Å². The van der Waals surface area contributed by atoms with Gasteiger partial charge >= 0.3 is 17.9 Å². The summed E-state index contributed by atoms with van der Waals surface area (Å²) in [4.78, 5) is 34.5. The van der Waals surface area contributed by atoms with Crippen molar-refractivity contribution in [2.75, 3.05) is 6.61 Å². The van der Waals surface area contributed by atoms with E-state index in [2.05, 4.69) is 5.32 Å². The van der Waals surface area contributed by atoms with Crippen molar-refractivity contribution in [3.05, 3.63) is 11.6 Å². The van der Waals surface area contributed by atoms with Crippen LogP contribution in [0.25, 0.3) is 0 Å². The van der Waals surface area contributed by atoms with Crippen LogP contribution < -0.4 is 11.1 Å². The fraction of sp³-hybridized carbons (Fsp3) is 0.722. The van der Waals surface area contributed by atoms with Crippen molar-refractivity contribution in [3.8, 4) is 0 Å². The molecule has 0 aliphatic heterocycles. The third-order valence-electron chi connectivity index (χ3n) is 4.54. The number of ether oxygens (including phenoxy) is 2. The lowest BCUT2D eigenvalue weighted by molar-refractivity contribution is -0.146. The number of hydrogen-bond acceptors (Lipinski definition) is 7. The van der Waals surface area contributed by atoms with Crippen LogP contribution in [0, 0.1) is 0 Å². The van der Waals surface area contributed by atoms with Crippen LogP contribution in [0.15, 0.2) is 11.6 Å². The zero-order valence-corrected chi connectivity index (χ0v) is 16.0. The second-order valence-corrected chi connectivity index (χ2v) is 6.49. The Morgan fingerprint density at radius 2 is 1.89 bits per heavy atom. The molecule has 0 bridgehead atoms. The van der Waals surface area contributed by atoms with Gasteiger partial charge in [0.25, 0.3) is 0 Å². The van der Waals surface area contributed by atoms with Crippen LogP contribution in [-0.4, -0.2) is 65.1 Å². The smallest absolute Gasteiger partial charge is 0.333 e. The first-order valence-electron chi connectivity index (χ1n) is 9.22. The number of esters is 1. The Morgan fingerprint density at radius 3 is 2.37 bits per heavy atom. The van der Waals surface area contributed by atoms with Crippen LogP contribution >= 0.6 is 0 Å². The van der Waals surface area contributed by atoms with Gasteiger partial charge in [-0.3, -0.25) is 14.9 Å². The maximum absolute atomic E-state index is 12.2. The van der Waals surface area contributed by atoms with E-state index < -0.39 is 48.6 Å². The van der Waals surface area contributed by atoms with Gasteiger partial charge in [0.05, 0.1) is 31.3 Å². The van der Waals surface area contributed by atoms with Crippen molar-refractivity contribution in [1.82, 2.24) is 5.32 Å². The van der Waals surface area contributed by atoms with E-state index >= 15 is 0 Å². The lowest BCUT2D eigenvalue weighted by Gasteiger charge is -2.37. The van der Waals surface area contributed by atoms with Gasteiger partial charge < -0.3 is 25.4 Å². The molecule has 0 amide bonds. The minimum Gasteiger partial charge on any atom is -0.481 e. The molecule has 0 saturated heterocycles. The molecule has 0 saturated carbocycles. The monoisotopic (exact) mass is 386 g/mol. The van der Waals surface area contributed by atoms with Gasteiger partial charge in [0.1, 0.15) is 6.04 Å². The van der Waals surface area contributed by atoms with E-state index in [-0.39, 0.29) is 19.1 Å². The first-order valence-corrected chi connectivity index (χ1v) is 9.22. The highest BCUT2D eigenvalue weighted by molar-refractivity contribution is 5.89. The zero-order valence-electron chi connectivity index (χ0n) is 16.0. The molecule has 0 aromatic heterocycles. The number of aliphatic carboxylic acids is 2. The molecule has 154 valence electrons. The molecule has 9 nitrogen and oxygen atoms in total. The molecule has 4 atom stereocenters. The van der Waals surface area contributed by atoms with Crippen molar-refractivity contribution in [3.63, 3.8) is 0 Å². The number of carboxylic acids is 2. The number of carboxylic acid groups (broad SMARTS) is 2. The second-order valence-electron chi connectivity index (χ2n) is 6.49. The van der Waals surface area contributed by atoms with Crippen LogP contribution in [0.4, 0.5) is 0 Å². The van der Waals surface area contributed by atoms with Crippen molar-refractivity contribution in [1.29, 1.82) is 0 Å². The fourth-order valence-electron chi connectivity index (χ4n) is 3.01. The van der Waals surface area contributed by atoms with Gasteiger partial charge in [-0.2, -0.15) is 0 Å². The maximum atomic E-state index is 12.2. The van der Waals surface area contributed by atoms with Gasteiger partial charge in [-0.25, -0.2) is 4.79 Å². The Bertz CT molecular complexity index is 560. The average Bonchev–Trinajstić information content (AvgIpc) is 2.61. The molecule has 0 spiro atoms. The summed E-state index contributed by atoms with van der Waals surface area (Å²) < 4.78 is 11.0.